The normalized spacial score (nSPS) is 48.5. The molecule has 3 fully saturated rings. The van der Waals surface area contributed by atoms with Crippen molar-refractivity contribution in [1.29, 1.82) is 0 Å². The summed E-state index contributed by atoms with van der Waals surface area (Å²) in [5.74, 6) is 4.86. The van der Waals surface area contributed by atoms with E-state index in [0.29, 0.717) is 28.1 Å². The molecule has 8 atom stereocenters. The van der Waals surface area contributed by atoms with Crippen molar-refractivity contribution in [3.05, 3.63) is 35.5 Å². The number of hydrogen-bond donors (Lipinski definition) is 0. The molecule has 0 nitrogen and oxygen atoms in total. The van der Waals surface area contributed by atoms with Crippen LogP contribution >= 0.6 is 0 Å². The Balaban J connectivity index is 1.45. The van der Waals surface area contributed by atoms with Gasteiger partial charge in [0.2, 0.25) is 0 Å². The van der Waals surface area contributed by atoms with Gasteiger partial charge in [0.1, 0.15) is 0 Å². The zero-order chi connectivity index (χ0) is 19.9. The maximum Gasteiger partial charge on any atom is -0.00239 e. The summed E-state index contributed by atoms with van der Waals surface area (Å²) in [4.78, 5) is 0. The molecule has 0 aromatic heterocycles. The lowest BCUT2D eigenvalue weighted by molar-refractivity contribution is 0.0893. The van der Waals surface area contributed by atoms with Gasteiger partial charge in [-0.1, -0.05) is 71.4 Å². The molecule has 0 N–H and O–H groups in total. The van der Waals surface area contributed by atoms with Crippen molar-refractivity contribution in [2.24, 2.45) is 51.8 Å². The summed E-state index contributed by atoms with van der Waals surface area (Å²) in [6.07, 6.45) is 20.5. The molecular formula is C28H42. The molecule has 0 radical (unpaired) electrons. The minimum atomic E-state index is 0.448. The highest BCUT2D eigenvalue weighted by atomic mass is 14.7. The van der Waals surface area contributed by atoms with E-state index in [4.69, 9.17) is 0 Å². The Morgan fingerprint density at radius 3 is 2.50 bits per heavy atom. The summed E-state index contributed by atoms with van der Waals surface area (Å²) in [5.41, 5.74) is 5.32. The highest BCUT2D eigenvalue weighted by molar-refractivity contribution is 5.46. The van der Waals surface area contributed by atoms with E-state index in [1.165, 1.54) is 44.9 Å². The Bertz CT molecular complexity index is 750. The lowest BCUT2D eigenvalue weighted by Gasteiger charge is -2.51. The van der Waals surface area contributed by atoms with Gasteiger partial charge in [-0.05, 0) is 102 Å². The predicted octanol–water partition coefficient (Wildman–Crippen LogP) is 7.97. The fraction of sp³-hybridized carbons (Fsp3) is 0.786. The number of allylic oxidation sites excluding steroid dienone is 6. The second kappa shape index (κ2) is 6.12. The van der Waals surface area contributed by atoms with Crippen molar-refractivity contribution in [3.8, 4) is 0 Å². The Kier molecular flexibility index (Phi) is 4.19. The van der Waals surface area contributed by atoms with Crippen LogP contribution in [0.5, 0.6) is 0 Å². The molecule has 0 heterocycles. The molecule has 5 rings (SSSR count). The van der Waals surface area contributed by atoms with E-state index < -0.39 is 0 Å². The molecule has 5 aliphatic rings. The van der Waals surface area contributed by atoms with Crippen molar-refractivity contribution in [1.82, 2.24) is 0 Å². The minimum Gasteiger partial charge on any atom is -0.0852 e. The SMILES string of the molecule is CC(C)[C@@H](C)/C=C/[C@@H](C)[C@H]1CCC2=C3C=C[C@@]45C[C@H]4CC[C@]5(C)[C@H]3CC[C@@]21C. The molecule has 0 amide bonds. The van der Waals surface area contributed by atoms with E-state index in [9.17, 15) is 0 Å². The zero-order valence-corrected chi connectivity index (χ0v) is 19.2. The van der Waals surface area contributed by atoms with E-state index in [-0.39, 0.29) is 0 Å². The Hall–Kier alpha value is -0.780. The molecule has 0 bridgehead atoms. The number of fused-ring (bicyclic) bond motifs is 3. The number of hydrogen-bond acceptors (Lipinski definition) is 0. The molecule has 0 aromatic carbocycles. The molecule has 154 valence electrons. The third-order valence-corrected chi connectivity index (χ3v) is 10.9. The van der Waals surface area contributed by atoms with Crippen LogP contribution in [0.4, 0.5) is 0 Å². The fourth-order valence-corrected chi connectivity index (χ4v) is 8.42. The Labute approximate surface area is 173 Å². The van der Waals surface area contributed by atoms with Crippen LogP contribution in [0, 0.1) is 51.8 Å². The van der Waals surface area contributed by atoms with Crippen LogP contribution in [-0.2, 0) is 0 Å². The van der Waals surface area contributed by atoms with Crippen molar-refractivity contribution in [2.75, 3.05) is 0 Å². The first-order chi connectivity index (χ1) is 13.2. The molecule has 0 aromatic rings. The van der Waals surface area contributed by atoms with E-state index >= 15 is 0 Å². The maximum absolute atomic E-state index is 2.70. The number of rotatable bonds is 4. The molecule has 3 saturated carbocycles. The summed E-state index contributed by atoms with van der Waals surface area (Å²) < 4.78 is 0. The smallest absolute Gasteiger partial charge is 0.00239 e. The zero-order valence-electron chi connectivity index (χ0n) is 19.2. The average molecular weight is 379 g/mol. The molecular weight excluding hydrogens is 336 g/mol. The van der Waals surface area contributed by atoms with Gasteiger partial charge >= 0.3 is 0 Å². The molecule has 0 aliphatic heterocycles. The van der Waals surface area contributed by atoms with Gasteiger partial charge in [0, 0.05) is 0 Å². The van der Waals surface area contributed by atoms with E-state index in [2.05, 4.69) is 65.8 Å². The summed E-state index contributed by atoms with van der Waals surface area (Å²) in [7, 11) is 0. The molecule has 0 saturated heterocycles. The molecule has 0 heteroatoms. The first-order valence-electron chi connectivity index (χ1n) is 12.3. The van der Waals surface area contributed by atoms with Crippen LogP contribution in [-0.4, -0.2) is 0 Å². The molecule has 5 aliphatic carbocycles. The summed E-state index contributed by atoms with van der Waals surface area (Å²) in [6, 6.07) is 0. The van der Waals surface area contributed by atoms with Gasteiger partial charge < -0.3 is 0 Å². The van der Waals surface area contributed by atoms with E-state index in [1.54, 1.807) is 0 Å². The van der Waals surface area contributed by atoms with Crippen LogP contribution in [0.1, 0.15) is 86.5 Å². The van der Waals surface area contributed by atoms with Crippen LogP contribution in [0.3, 0.4) is 0 Å². The highest BCUT2D eigenvalue weighted by Crippen LogP contribution is 2.79. The fourth-order valence-electron chi connectivity index (χ4n) is 8.42. The predicted molar refractivity (Wildman–Crippen MR) is 120 cm³/mol. The van der Waals surface area contributed by atoms with E-state index in [0.717, 1.165) is 23.7 Å². The Morgan fingerprint density at radius 1 is 1.00 bits per heavy atom. The quantitative estimate of drug-likeness (QED) is 0.435. The highest BCUT2D eigenvalue weighted by Gasteiger charge is 2.71. The molecule has 1 spiro atoms. The van der Waals surface area contributed by atoms with Gasteiger partial charge in [-0.15, -0.1) is 0 Å². The first kappa shape index (κ1) is 19.2. The minimum absolute atomic E-state index is 0.448. The summed E-state index contributed by atoms with van der Waals surface area (Å²) in [5, 5.41) is 0. The van der Waals surface area contributed by atoms with Crippen LogP contribution < -0.4 is 0 Å². The van der Waals surface area contributed by atoms with Gasteiger partial charge in [-0.25, -0.2) is 0 Å². The lowest BCUT2D eigenvalue weighted by atomic mass is 9.53. The van der Waals surface area contributed by atoms with Crippen molar-refractivity contribution in [2.45, 2.75) is 86.5 Å². The second-order valence-electron chi connectivity index (χ2n) is 12.2. The van der Waals surface area contributed by atoms with Crippen LogP contribution in [0.2, 0.25) is 0 Å². The largest absolute Gasteiger partial charge is 0.0852 e. The summed E-state index contributed by atoms with van der Waals surface area (Å²) in [6.45, 7) is 14.9. The van der Waals surface area contributed by atoms with Gasteiger partial charge in [0.15, 0.2) is 0 Å². The first-order valence-corrected chi connectivity index (χ1v) is 12.3. The standard InChI is InChI=1S/C28H42/c1-18(2)19(3)7-8-20(4)23-9-10-24-22-12-16-28-17-21(28)11-15-27(28,6)25(22)13-14-26(23,24)5/h7-8,12,16,18-21,23,25H,9-11,13-15,17H2,1-6H3/b8-7+/t19-,20+,21+,23+,25-,26+,27+,28+/m0/s1. The Morgan fingerprint density at radius 2 is 1.79 bits per heavy atom. The van der Waals surface area contributed by atoms with Crippen molar-refractivity contribution in [3.63, 3.8) is 0 Å². The van der Waals surface area contributed by atoms with Gasteiger partial charge in [-0.2, -0.15) is 0 Å². The van der Waals surface area contributed by atoms with E-state index in [1.807, 2.05) is 11.1 Å². The third kappa shape index (κ3) is 2.36. The summed E-state index contributed by atoms with van der Waals surface area (Å²) >= 11 is 0. The van der Waals surface area contributed by atoms with Crippen LogP contribution in [0.25, 0.3) is 0 Å². The van der Waals surface area contributed by atoms with Gasteiger partial charge in [-0.3, -0.25) is 0 Å². The van der Waals surface area contributed by atoms with Gasteiger partial charge in [0.05, 0.1) is 0 Å². The molecule has 28 heavy (non-hydrogen) atoms. The maximum atomic E-state index is 2.70. The lowest BCUT2D eigenvalue weighted by Crippen LogP contribution is -2.42. The van der Waals surface area contributed by atoms with Crippen molar-refractivity contribution >= 4 is 0 Å². The van der Waals surface area contributed by atoms with Gasteiger partial charge in [0.25, 0.3) is 0 Å². The second-order valence-corrected chi connectivity index (χ2v) is 12.2. The third-order valence-electron chi connectivity index (χ3n) is 10.9. The monoisotopic (exact) mass is 378 g/mol. The van der Waals surface area contributed by atoms with Crippen molar-refractivity contribution < 1.29 is 0 Å². The average Bonchev–Trinajstić information content (AvgIpc) is 3.14. The molecule has 0 unspecified atom stereocenters. The van der Waals surface area contributed by atoms with Crippen LogP contribution in [0.15, 0.2) is 35.5 Å². The topological polar surface area (TPSA) is 0 Å².